The Hall–Kier alpha value is -1.78. The van der Waals surface area contributed by atoms with E-state index in [9.17, 15) is 13.2 Å². The predicted octanol–water partition coefficient (Wildman–Crippen LogP) is 0.795. The van der Waals surface area contributed by atoms with Gasteiger partial charge in [0.15, 0.2) is 5.69 Å². The van der Waals surface area contributed by atoms with Gasteiger partial charge in [-0.05, 0) is 34.5 Å². The molecule has 0 aliphatic carbocycles. The van der Waals surface area contributed by atoms with Gasteiger partial charge in [-0.25, -0.2) is 17.4 Å². The highest BCUT2D eigenvalue weighted by atomic mass is 79.9. The Morgan fingerprint density at radius 3 is 2.83 bits per heavy atom. The summed E-state index contributed by atoms with van der Waals surface area (Å²) in [5, 5.41) is 10.5. The van der Waals surface area contributed by atoms with Gasteiger partial charge in [0.25, 0.3) is 5.91 Å². The molecule has 10 heteroatoms. The quantitative estimate of drug-likeness (QED) is 0.781. The lowest BCUT2D eigenvalue weighted by Gasteiger charge is -2.14. The molecule has 0 atom stereocenters. The van der Waals surface area contributed by atoms with Crippen LogP contribution in [0.1, 0.15) is 16.9 Å². The summed E-state index contributed by atoms with van der Waals surface area (Å²) < 4.78 is 27.1. The Morgan fingerprint density at radius 1 is 1.33 bits per heavy atom. The van der Waals surface area contributed by atoms with E-state index in [1.54, 1.807) is 0 Å². The number of carbonyl (C=O) groups is 1. The van der Waals surface area contributed by atoms with Crippen LogP contribution in [-0.2, 0) is 10.0 Å². The van der Waals surface area contributed by atoms with E-state index < -0.39 is 10.0 Å². The number of carbonyl (C=O) groups excluding carboxylic acids is 1. The molecule has 8 nitrogen and oxygen atoms in total. The zero-order valence-electron chi connectivity index (χ0n) is 12.7. The highest BCUT2D eigenvalue weighted by Gasteiger charge is 2.27. The van der Waals surface area contributed by atoms with Crippen molar-refractivity contribution in [2.45, 2.75) is 6.42 Å². The Bertz CT molecular complexity index is 852. The molecule has 1 aliphatic heterocycles. The highest BCUT2D eigenvalue weighted by Crippen LogP contribution is 2.20. The summed E-state index contributed by atoms with van der Waals surface area (Å²) in [5.41, 5.74) is 0.980. The summed E-state index contributed by atoms with van der Waals surface area (Å²) in [7, 11) is -3.15. The van der Waals surface area contributed by atoms with Gasteiger partial charge in [-0.1, -0.05) is 17.3 Å². The van der Waals surface area contributed by atoms with E-state index in [-0.39, 0.29) is 30.4 Å². The summed E-state index contributed by atoms with van der Waals surface area (Å²) >= 11 is 3.42. The fourth-order valence-corrected chi connectivity index (χ4v) is 4.50. The number of hydrogen-bond acceptors (Lipinski definition) is 5. The van der Waals surface area contributed by atoms with Crippen LogP contribution in [0, 0.1) is 0 Å². The fourth-order valence-electron chi connectivity index (χ4n) is 2.52. The number of para-hydroxylation sites is 1. The summed E-state index contributed by atoms with van der Waals surface area (Å²) in [6.45, 7) is 1.01. The minimum Gasteiger partial charge on any atom is -0.349 e. The van der Waals surface area contributed by atoms with Crippen LogP contribution in [-0.4, -0.2) is 59.0 Å². The van der Waals surface area contributed by atoms with Crippen molar-refractivity contribution in [3.8, 4) is 5.69 Å². The highest BCUT2D eigenvalue weighted by molar-refractivity contribution is 9.10. The maximum Gasteiger partial charge on any atom is 0.271 e. The number of aromatic nitrogens is 3. The molecule has 1 fully saturated rings. The van der Waals surface area contributed by atoms with Crippen molar-refractivity contribution in [3.63, 3.8) is 0 Å². The predicted molar refractivity (Wildman–Crippen MR) is 91.4 cm³/mol. The Labute approximate surface area is 148 Å². The third-order valence-electron chi connectivity index (χ3n) is 3.71. The number of rotatable bonds is 5. The number of halogens is 1. The van der Waals surface area contributed by atoms with Crippen LogP contribution in [0.4, 0.5) is 0 Å². The molecule has 24 heavy (non-hydrogen) atoms. The van der Waals surface area contributed by atoms with E-state index in [0.717, 1.165) is 4.47 Å². The van der Waals surface area contributed by atoms with Crippen molar-refractivity contribution in [2.75, 3.05) is 25.4 Å². The molecule has 128 valence electrons. The molecule has 0 bridgehead atoms. The first-order valence-electron chi connectivity index (χ1n) is 7.41. The molecule has 3 rings (SSSR count). The molecule has 0 saturated carbocycles. The zero-order valence-corrected chi connectivity index (χ0v) is 15.1. The Balaban J connectivity index is 1.67. The summed E-state index contributed by atoms with van der Waals surface area (Å²) in [4.78, 5) is 12.4. The van der Waals surface area contributed by atoms with Crippen LogP contribution in [0.2, 0.25) is 0 Å². The Morgan fingerprint density at radius 2 is 2.12 bits per heavy atom. The minimum atomic E-state index is -3.15. The first-order valence-corrected chi connectivity index (χ1v) is 9.81. The molecule has 0 spiro atoms. The molecule has 2 heterocycles. The van der Waals surface area contributed by atoms with E-state index in [4.69, 9.17) is 0 Å². The molecule has 0 unspecified atom stereocenters. The first-order chi connectivity index (χ1) is 11.5. The van der Waals surface area contributed by atoms with Gasteiger partial charge in [0.2, 0.25) is 10.0 Å². The Kier molecular flexibility index (Phi) is 4.97. The van der Waals surface area contributed by atoms with Crippen LogP contribution in [0.5, 0.6) is 0 Å². The van der Waals surface area contributed by atoms with Crippen LogP contribution in [0.15, 0.2) is 34.9 Å². The van der Waals surface area contributed by atoms with Crippen molar-refractivity contribution < 1.29 is 13.2 Å². The average molecular weight is 414 g/mol. The average Bonchev–Trinajstić information content (AvgIpc) is 3.14. The van der Waals surface area contributed by atoms with Crippen LogP contribution in [0.25, 0.3) is 5.69 Å². The molecule has 1 N–H and O–H groups in total. The molecule has 1 aromatic carbocycles. The largest absolute Gasteiger partial charge is 0.349 e. The minimum absolute atomic E-state index is 0.180. The van der Waals surface area contributed by atoms with Gasteiger partial charge in [-0.2, -0.15) is 0 Å². The molecule has 1 aromatic heterocycles. The van der Waals surface area contributed by atoms with Gasteiger partial charge in [-0.15, -0.1) is 5.10 Å². The molecule has 1 amide bonds. The van der Waals surface area contributed by atoms with Gasteiger partial charge in [0.1, 0.15) is 0 Å². The molecule has 1 saturated heterocycles. The van der Waals surface area contributed by atoms with E-state index in [1.807, 2.05) is 24.3 Å². The van der Waals surface area contributed by atoms with Gasteiger partial charge in [0.05, 0.1) is 17.6 Å². The van der Waals surface area contributed by atoms with Crippen molar-refractivity contribution >= 4 is 31.9 Å². The van der Waals surface area contributed by atoms with Gasteiger partial charge in [0, 0.05) is 24.1 Å². The van der Waals surface area contributed by atoms with E-state index in [0.29, 0.717) is 18.7 Å². The number of sulfonamides is 1. The maximum absolute atomic E-state index is 12.4. The molecule has 0 radical (unpaired) electrons. The summed E-state index contributed by atoms with van der Waals surface area (Å²) in [5.74, 6) is -0.174. The summed E-state index contributed by atoms with van der Waals surface area (Å²) in [6.07, 6.45) is 2.01. The van der Waals surface area contributed by atoms with E-state index in [2.05, 4.69) is 31.6 Å². The van der Waals surface area contributed by atoms with Crippen molar-refractivity contribution in [3.05, 3.63) is 40.6 Å². The summed E-state index contributed by atoms with van der Waals surface area (Å²) in [6, 6.07) is 7.35. The van der Waals surface area contributed by atoms with Gasteiger partial charge < -0.3 is 5.32 Å². The second-order valence-electron chi connectivity index (χ2n) is 5.31. The lowest BCUT2D eigenvalue weighted by molar-refractivity contribution is 0.0944. The second kappa shape index (κ2) is 6.99. The SMILES string of the molecule is O=C(NCCN1CCCS1(=O)=O)c1cnnn1-c1ccccc1Br. The number of hydrogen-bond donors (Lipinski definition) is 1. The standard InChI is InChI=1S/C14H16BrN5O3S/c15-11-4-1-2-5-12(11)20-13(10-17-18-20)14(21)16-6-8-19-7-3-9-24(19,22)23/h1-2,4-5,10H,3,6-9H2,(H,16,21). The second-order valence-corrected chi connectivity index (χ2v) is 8.25. The number of amides is 1. The maximum atomic E-state index is 12.4. The topological polar surface area (TPSA) is 97.2 Å². The first kappa shape index (κ1) is 17.1. The lowest BCUT2D eigenvalue weighted by atomic mass is 10.3. The number of nitrogens with one attached hydrogen (secondary N) is 1. The van der Waals surface area contributed by atoms with Crippen LogP contribution in [0.3, 0.4) is 0 Å². The number of benzene rings is 1. The fraction of sp³-hybridized carbons (Fsp3) is 0.357. The molecule has 1 aliphatic rings. The monoisotopic (exact) mass is 413 g/mol. The third-order valence-corrected chi connectivity index (χ3v) is 6.34. The molecule has 2 aromatic rings. The number of nitrogens with zero attached hydrogens (tertiary/aromatic N) is 4. The van der Waals surface area contributed by atoms with E-state index in [1.165, 1.54) is 15.2 Å². The smallest absolute Gasteiger partial charge is 0.271 e. The van der Waals surface area contributed by atoms with Crippen LogP contribution < -0.4 is 5.32 Å². The third kappa shape index (κ3) is 3.50. The van der Waals surface area contributed by atoms with Crippen molar-refractivity contribution in [1.82, 2.24) is 24.6 Å². The zero-order chi connectivity index (χ0) is 17.2. The molecular formula is C14H16BrN5O3S. The van der Waals surface area contributed by atoms with Crippen LogP contribution >= 0.6 is 15.9 Å². The molecular weight excluding hydrogens is 398 g/mol. The normalized spacial score (nSPS) is 17.0. The van der Waals surface area contributed by atoms with Gasteiger partial charge >= 0.3 is 0 Å². The van der Waals surface area contributed by atoms with E-state index >= 15 is 0 Å². The lowest BCUT2D eigenvalue weighted by Crippen LogP contribution is -2.36. The van der Waals surface area contributed by atoms with Crippen molar-refractivity contribution in [1.29, 1.82) is 0 Å². The van der Waals surface area contributed by atoms with Crippen molar-refractivity contribution in [2.24, 2.45) is 0 Å². The van der Waals surface area contributed by atoms with Gasteiger partial charge in [-0.3, -0.25) is 4.79 Å².